The molecule has 2 aromatic rings. The van der Waals surface area contributed by atoms with Gasteiger partial charge in [-0.25, -0.2) is 4.98 Å². The van der Waals surface area contributed by atoms with Crippen LogP contribution >= 0.6 is 0 Å². The first-order valence-corrected chi connectivity index (χ1v) is 6.58. The third kappa shape index (κ3) is 2.13. The molecule has 4 nitrogen and oxygen atoms in total. The maximum Gasteiger partial charge on any atom is 0.137 e. The summed E-state index contributed by atoms with van der Waals surface area (Å²) < 4.78 is 8.00. The van der Waals surface area contributed by atoms with Gasteiger partial charge in [0.2, 0.25) is 0 Å². The van der Waals surface area contributed by atoms with Crippen LogP contribution in [0.15, 0.2) is 30.6 Å². The SMILES string of the molecule is CNCC1CCCOC1c1cn2ccccc2n1. The largest absolute Gasteiger partial charge is 0.372 e. The summed E-state index contributed by atoms with van der Waals surface area (Å²) in [7, 11) is 2.00. The van der Waals surface area contributed by atoms with Gasteiger partial charge in [0, 0.05) is 31.5 Å². The molecule has 1 N–H and O–H groups in total. The number of aromatic nitrogens is 2. The molecule has 3 heterocycles. The molecule has 18 heavy (non-hydrogen) atoms. The first-order valence-electron chi connectivity index (χ1n) is 6.58. The summed E-state index contributed by atoms with van der Waals surface area (Å²) in [6.45, 7) is 1.83. The third-order valence-electron chi connectivity index (χ3n) is 3.59. The first kappa shape index (κ1) is 11.7. The van der Waals surface area contributed by atoms with Gasteiger partial charge in [-0.15, -0.1) is 0 Å². The highest BCUT2D eigenvalue weighted by Crippen LogP contribution is 2.32. The summed E-state index contributed by atoms with van der Waals surface area (Å²) >= 11 is 0. The number of imidazole rings is 1. The maximum atomic E-state index is 5.94. The lowest BCUT2D eigenvalue weighted by Gasteiger charge is -2.30. The van der Waals surface area contributed by atoms with Crippen LogP contribution in [-0.2, 0) is 4.74 Å². The molecular weight excluding hydrogens is 226 g/mol. The van der Waals surface area contributed by atoms with Crippen molar-refractivity contribution < 1.29 is 4.74 Å². The lowest BCUT2D eigenvalue weighted by atomic mass is 9.92. The average molecular weight is 245 g/mol. The van der Waals surface area contributed by atoms with E-state index in [1.54, 1.807) is 0 Å². The Morgan fingerprint density at radius 2 is 2.44 bits per heavy atom. The second-order valence-electron chi connectivity index (χ2n) is 4.88. The molecule has 0 amide bonds. The molecule has 1 aliphatic rings. The van der Waals surface area contributed by atoms with Crippen molar-refractivity contribution in [1.82, 2.24) is 14.7 Å². The predicted molar refractivity (Wildman–Crippen MR) is 70.5 cm³/mol. The number of pyridine rings is 1. The van der Waals surface area contributed by atoms with Crippen molar-refractivity contribution in [2.75, 3.05) is 20.2 Å². The van der Waals surface area contributed by atoms with Crippen molar-refractivity contribution in [3.05, 3.63) is 36.3 Å². The molecule has 3 rings (SSSR count). The number of hydrogen-bond donors (Lipinski definition) is 1. The van der Waals surface area contributed by atoms with E-state index in [-0.39, 0.29) is 6.10 Å². The van der Waals surface area contributed by atoms with Gasteiger partial charge in [-0.2, -0.15) is 0 Å². The molecule has 0 radical (unpaired) electrons. The zero-order valence-electron chi connectivity index (χ0n) is 10.7. The molecule has 96 valence electrons. The van der Waals surface area contributed by atoms with Crippen LogP contribution in [0.1, 0.15) is 24.6 Å². The van der Waals surface area contributed by atoms with Crippen molar-refractivity contribution in [2.24, 2.45) is 5.92 Å². The van der Waals surface area contributed by atoms with Gasteiger partial charge in [-0.3, -0.25) is 0 Å². The highest BCUT2D eigenvalue weighted by Gasteiger charge is 2.28. The second-order valence-corrected chi connectivity index (χ2v) is 4.88. The molecule has 1 fully saturated rings. The first-order chi connectivity index (χ1) is 8.88. The van der Waals surface area contributed by atoms with Crippen LogP contribution in [0.2, 0.25) is 0 Å². The maximum absolute atomic E-state index is 5.94. The van der Waals surface area contributed by atoms with E-state index in [4.69, 9.17) is 4.74 Å². The standard InChI is InChI=1S/C14H19N3O/c1-15-9-11-5-4-8-18-14(11)12-10-17-7-3-2-6-13(17)16-12/h2-3,6-7,10-11,14-15H,4-5,8-9H2,1H3. The van der Waals surface area contributed by atoms with E-state index in [9.17, 15) is 0 Å². The molecule has 2 atom stereocenters. The van der Waals surface area contributed by atoms with Crippen LogP contribution in [0.4, 0.5) is 0 Å². The molecule has 0 spiro atoms. The Kier molecular flexibility index (Phi) is 3.30. The zero-order chi connectivity index (χ0) is 12.4. The minimum absolute atomic E-state index is 0.131. The molecule has 0 saturated carbocycles. The Morgan fingerprint density at radius 3 is 3.28 bits per heavy atom. The van der Waals surface area contributed by atoms with E-state index in [0.29, 0.717) is 5.92 Å². The van der Waals surface area contributed by atoms with Crippen LogP contribution in [-0.4, -0.2) is 29.6 Å². The minimum atomic E-state index is 0.131. The summed E-state index contributed by atoms with van der Waals surface area (Å²) in [5.74, 6) is 0.522. The number of nitrogens with one attached hydrogen (secondary N) is 1. The molecule has 0 aliphatic carbocycles. The number of fused-ring (bicyclic) bond motifs is 1. The summed E-state index contributed by atoms with van der Waals surface area (Å²) in [5, 5.41) is 3.26. The monoisotopic (exact) mass is 245 g/mol. The second kappa shape index (κ2) is 5.08. The Bertz CT molecular complexity index is 487. The lowest BCUT2D eigenvalue weighted by molar-refractivity contribution is -0.0294. The van der Waals surface area contributed by atoms with Crippen LogP contribution in [0.5, 0.6) is 0 Å². The summed E-state index contributed by atoms with van der Waals surface area (Å²) in [6.07, 6.45) is 6.61. The molecule has 4 heteroatoms. The number of ether oxygens (including phenoxy) is 1. The predicted octanol–water partition coefficient (Wildman–Crippen LogP) is 2.02. The van der Waals surface area contributed by atoms with Gasteiger partial charge >= 0.3 is 0 Å². The van der Waals surface area contributed by atoms with Gasteiger partial charge in [0.1, 0.15) is 11.8 Å². The van der Waals surface area contributed by atoms with Crippen molar-refractivity contribution in [3.8, 4) is 0 Å². The van der Waals surface area contributed by atoms with Gasteiger partial charge < -0.3 is 14.5 Å². The fraction of sp³-hybridized carbons (Fsp3) is 0.500. The molecular formula is C14H19N3O. The number of rotatable bonds is 3. The smallest absolute Gasteiger partial charge is 0.137 e. The van der Waals surface area contributed by atoms with E-state index < -0.39 is 0 Å². The van der Waals surface area contributed by atoms with Crippen molar-refractivity contribution in [2.45, 2.75) is 18.9 Å². The quantitative estimate of drug-likeness (QED) is 0.899. The van der Waals surface area contributed by atoms with E-state index >= 15 is 0 Å². The van der Waals surface area contributed by atoms with Crippen LogP contribution in [0.3, 0.4) is 0 Å². The fourth-order valence-corrected chi connectivity index (χ4v) is 2.73. The van der Waals surface area contributed by atoms with E-state index in [1.165, 1.54) is 6.42 Å². The zero-order valence-corrected chi connectivity index (χ0v) is 10.7. The molecule has 0 bridgehead atoms. The summed E-state index contributed by atoms with van der Waals surface area (Å²) in [4.78, 5) is 4.68. The van der Waals surface area contributed by atoms with Gasteiger partial charge in [-0.1, -0.05) is 6.07 Å². The highest BCUT2D eigenvalue weighted by atomic mass is 16.5. The van der Waals surface area contributed by atoms with Crippen LogP contribution in [0, 0.1) is 5.92 Å². The average Bonchev–Trinajstić information content (AvgIpc) is 2.83. The molecule has 2 unspecified atom stereocenters. The van der Waals surface area contributed by atoms with Crippen molar-refractivity contribution in [1.29, 1.82) is 0 Å². The Balaban J connectivity index is 1.91. The van der Waals surface area contributed by atoms with Gasteiger partial charge in [0.25, 0.3) is 0 Å². The lowest BCUT2D eigenvalue weighted by Crippen LogP contribution is -2.30. The van der Waals surface area contributed by atoms with E-state index in [1.807, 2.05) is 31.4 Å². The topological polar surface area (TPSA) is 38.6 Å². The van der Waals surface area contributed by atoms with Crippen LogP contribution < -0.4 is 5.32 Å². The minimum Gasteiger partial charge on any atom is -0.372 e. The highest BCUT2D eigenvalue weighted by molar-refractivity contribution is 5.39. The number of hydrogen-bond acceptors (Lipinski definition) is 3. The van der Waals surface area contributed by atoms with E-state index in [0.717, 1.165) is 30.9 Å². The summed E-state index contributed by atoms with van der Waals surface area (Å²) in [6, 6.07) is 6.06. The summed E-state index contributed by atoms with van der Waals surface area (Å²) in [5.41, 5.74) is 2.05. The fourth-order valence-electron chi connectivity index (χ4n) is 2.73. The Labute approximate surface area is 107 Å². The number of nitrogens with zero attached hydrogens (tertiary/aromatic N) is 2. The molecule has 1 aliphatic heterocycles. The van der Waals surface area contributed by atoms with Gasteiger partial charge in [0.05, 0.1) is 5.69 Å². The molecule has 2 aromatic heterocycles. The Hall–Kier alpha value is -1.39. The van der Waals surface area contributed by atoms with Gasteiger partial charge in [-0.05, 0) is 32.0 Å². The van der Waals surface area contributed by atoms with Gasteiger partial charge in [0.15, 0.2) is 0 Å². The van der Waals surface area contributed by atoms with Crippen LogP contribution in [0.25, 0.3) is 5.65 Å². The Morgan fingerprint density at radius 1 is 1.50 bits per heavy atom. The normalized spacial score (nSPS) is 24.5. The van der Waals surface area contributed by atoms with E-state index in [2.05, 4.69) is 20.9 Å². The van der Waals surface area contributed by atoms with Crippen molar-refractivity contribution in [3.63, 3.8) is 0 Å². The van der Waals surface area contributed by atoms with Crippen molar-refractivity contribution >= 4 is 5.65 Å². The molecule has 1 saturated heterocycles. The molecule has 0 aromatic carbocycles. The third-order valence-corrected chi connectivity index (χ3v) is 3.59.